The van der Waals surface area contributed by atoms with Crippen LogP contribution in [0.15, 0.2) is 18.5 Å². The quantitative estimate of drug-likeness (QED) is 0.600. The molecular formula is C5H3BClF3N-. The van der Waals surface area contributed by atoms with Crippen LogP contribution in [-0.4, -0.2) is 12.0 Å². The van der Waals surface area contributed by atoms with Gasteiger partial charge in [0.15, 0.2) is 0 Å². The van der Waals surface area contributed by atoms with Gasteiger partial charge in [0.1, 0.15) is 0 Å². The molecule has 1 aromatic heterocycles. The van der Waals surface area contributed by atoms with Crippen molar-refractivity contribution < 1.29 is 12.9 Å². The first-order valence-electron chi connectivity index (χ1n) is 2.80. The number of hydrogen-bond donors (Lipinski definition) is 0. The van der Waals surface area contributed by atoms with Crippen molar-refractivity contribution in [1.29, 1.82) is 0 Å². The van der Waals surface area contributed by atoms with Crippen molar-refractivity contribution in [3.8, 4) is 0 Å². The van der Waals surface area contributed by atoms with Crippen LogP contribution in [0.1, 0.15) is 0 Å². The lowest BCUT2D eigenvalue weighted by Gasteiger charge is -2.13. The fraction of sp³-hybridized carbons (Fsp3) is 0. The van der Waals surface area contributed by atoms with Crippen LogP contribution in [0, 0.1) is 0 Å². The first kappa shape index (κ1) is 8.39. The monoisotopic (exact) mass is 180 g/mol. The Hall–Kier alpha value is -0.705. The van der Waals surface area contributed by atoms with Crippen LogP contribution in [-0.2, 0) is 0 Å². The van der Waals surface area contributed by atoms with Crippen molar-refractivity contribution in [2.45, 2.75) is 0 Å². The predicted octanol–water partition coefficient (Wildman–Crippen LogP) is 1.79. The average molecular weight is 180 g/mol. The lowest BCUT2D eigenvalue weighted by Crippen LogP contribution is -2.34. The standard InChI is InChI=1S/C5H3BClF3N/c7-5-1-4(2-11-3-5)6(8,9)10/h1-3H/q-1. The van der Waals surface area contributed by atoms with Crippen molar-refractivity contribution in [2.24, 2.45) is 0 Å². The van der Waals surface area contributed by atoms with E-state index in [2.05, 4.69) is 4.98 Å². The van der Waals surface area contributed by atoms with E-state index in [-0.39, 0.29) is 5.02 Å². The van der Waals surface area contributed by atoms with Crippen molar-refractivity contribution in [2.75, 3.05) is 0 Å². The Morgan fingerprint density at radius 3 is 2.27 bits per heavy atom. The summed E-state index contributed by atoms with van der Waals surface area (Å²) in [5.41, 5.74) is -0.766. The Morgan fingerprint density at radius 2 is 1.91 bits per heavy atom. The summed E-state index contributed by atoms with van der Waals surface area (Å²) in [7, 11) is 0. The second-order valence-corrected chi connectivity index (χ2v) is 2.45. The number of aromatic nitrogens is 1. The summed E-state index contributed by atoms with van der Waals surface area (Å²) >= 11 is 5.30. The minimum atomic E-state index is -4.97. The highest BCUT2D eigenvalue weighted by atomic mass is 35.5. The molecule has 0 spiro atoms. The van der Waals surface area contributed by atoms with E-state index in [9.17, 15) is 12.9 Å². The Labute approximate surface area is 66.3 Å². The van der Waals surface area contributed by atoms with Crippen LogP contribution >= 0.6 is 11.6 Å². The van der Waals surface area contributed by atoms with Gasteiger partial charge < -0.3 is 12.9 Å². The first-order valence-corrected chi connectivity index (χ1v) is 3.18. The molecule has 0 radical (unpaired) electrons. The molecule has 0 saturated heterocycles. The molecule has 1 aromatic rings. The van der Waals surface area contributed by atoms with Gasteiger partial charge in [-0.1, -0.05) is 23.1 Å². The third kappa shape index (κ3) is 2.11. The molecule has 1 rings (SSSR count). The Morgan fingerprint density at radius 1 is 1.27 bits per heavy atom. The summed E-state index contributed by atoms with van der Waals surface area (Å²) in [4.78, 5) is 3.31. The van der Waals surface area contributed by atoms with Crippen molar-refractivity contribution in [1.82, 2.24) is 4.98 Å². The van der Waals surface area contributed by atoms with Crippen LogP contribution in [0.25, 0.3) is 0 Å². The van der Waals surface area contributed by atoms with Crippen LogP contribution < -0.4 is 5.46 Å². The molecule has 11 heavy (non-hydrogen) atoms. The number of rotatable bonds is 1. The van der Waals surface area contributed by atoms with Gasteiger partial charge in [-0.25, -0.2) is 0 Å². The molecule has 0 atom stereocenters. The van der Waals surface area contributed by atoms with Gasteiger partial charge in [0.2, 0.25) is 0 Å². The van der Waals surface area contributed by atoms with Crippen LogP contribution in [0.3, 0.4) is 0 Å². The van der Waals surface area contributed by atoms with E-state index in [0.717, 1.165) is 18.5 Å². The van der Waals surface area contributed by atoms with E-state index in [1.807, 2.05) is 0 Å². The van der Waals surface area contributed by atoms with E-state index in [0.29, 0.717) is 0 Å². The maximum absolute atomic E-state index is 11.9. The van der Waals surface area contributed by atoms with Gasteiger partial charge in [-0.2, -0.15) is 0 Å². The molecular weight excluding hydrogens is 177 g/mol. The highest BCUT2D eigenvalue weighted by Crippen LogP contribution is 2.10. The maximum atomic E-state index is 11.9. The van der Waals surface area contributed by atoms with Gasteiger partial charge in [0.25, 0.3) is 0 Å². The number of halogens is 4. The third-order valence-electron chi connectivity index (χ3n) is 1.10. The first-order chi connectivity index (χ1) is 5.00. The second kappa shape index (κ2) is 2.73. The minimum absolute atomic E-state index is 0.00157. The molecule has 0 aromatic carbocycles. The van der Waals surface area contributed by atoms with Gasteiger partial charge >= 0.3 is 6.98 Å². The highest BCUT2D eigenvalue weighted by molar-refractivity contribution is 6.73. The fourth-order valence-corrected chi connectivity index (χ4v) is 0.790. The molecule has 1 heterocycles. The Bertz CT molecular complexity index is 262. The molecule has 0 aliphatic heterocycles. The molecule has 0 bridgehead atoms. The van der Waals surface area contributed by atoms with Gasteiger partial charge in [0, 0.05) is 12.4 Å². The maximum Gasteiger partial charge on any atom is 0.511 e. The molecule has 0 aliphatic carbocycles. The largest absolute Gasteiger partial charge is 0.511 e. The van der Waals surface area contributed by atoms with Gasteiger partial charge in [-0.3, -0.25) is 4.98 Å². The van der Waals surface area contributed by atoms with E-state index in [1.54, 1.807) is 0 Å². The lowest BCUT2D eigenvalue weighted by molar-refractivity contribution is 0.500. The summed E-state index contributed by atoms with van der Waals surface area (Å²) in [6.07, 6.45) is 1.92. The van der Waals surface area contributed by atoms with E-state index >= 15 is 0 Å². The molecule has 0 fully saturated rings. The number of nitrogens with zero attached hydrogens (tertiary/aromatic N) is 1. The van der Waals surface area contributed by atoms with Crippen molar-refractivity contribution in [3.05, 3.63) is 23.5 Å². The Kier molecular flexibility index (Phi) is 2.09. The molecule has 6 heteroatoms. The third-order valence-corrected chi connectivity index (χ3v) is 1.31. The minimum Gasteiger partial charge on any atom is -0.445 e. The van der Waals surface area contributed by atoms with Crippen LogP contribution in [0.2, 0.25) is 5.02 Å². The van der Waals surface area contributed by atoms with Crippen molar-refractivity contribution in [3.63, 3.8) is 0 Å². The van der Waals surface area contributed by atoms with Gasteiger partial charge in [-0.15, -0.1) is 0 Å². The van der Waals surface area contributed by atoms with Crippen LogP contribution in [0.5, 0.6) is 0 Å². The summed E-state index contributed by atoms with van der Waals surface area (Å²) in [5, 5.41) is 0.00157. The second-order valence-electron chi connectivity index (χ2n) is 2.01. The van der Waals surface area contributed by atoms with E-state index in [4.69, 9.17) is 11.6 Å². The summed E-state index contributed by atoms with van der Waals surface area (Å²) < 4.78 is 35.8. The smallest absolute Gasteiger partial charge is 0.445 e. The molecule has 0 unspecified atom stereocenters. The zero-order chi connectivity index (χ0) is 8.48. The number of pyridine rings is 1. The SMILES string of the molecule is F[B-](F)(F)c1cncc(Cl)c1. The average Bonchev–Trinajstić information content (AvgIpc) is 1.86. The van der Waals surface area contributed by atoms with Gasteiger partial charge in [-0.05, 0) is 0 Å². The molecule has 0 saturated carbocycles. The summed E-state index contributed by atoms with van der Waals surface area (Å²) in [5.74, 6) is 0. The zero-order valence-corrected chi connectivity index (χ0v) is 6.02. The van der Waals surface area contributed by atoms with Crippen LogP contribution in [0.4, 0.5) is 12.9 Å². The molecule has 0 amide bonds. The normalized spacial score (nSPS) is 11.6. The molecule has 0 aliphatic rings. The fourth-order valence-electron chi connectivity index (χ4n) is 0.607. The van der Waals surface area contributed by atoms with Gasteiger partial charge in [0.05, 0.1) is 5.02 Å². The van der Waals surface area contributed by atoms with Crippen molar-refractivity contribution >= 4 is 24.0 Å². The highest BCUT2D eigenvalue weighted by Gasteiger charge is 2.25. The molecule has 60 valence electrons. The van der Waals surface area contributed by atoms with E-state index in [1.165, 1.54) is 0 Å². The zero-order valence-electron chi connectivity index (χ0n) is 5.27. The number of hydrogen-bond acceptors (Lipinski definition) is 1. The topological polar surface area (TPSA) is 12.9 Å². The summed E-state index contributed by atoms with van der Waals surface area (Å²) in [6, 6.07) is 0.856. The lowest BCUT2D eigenvalue weighted by atomic mass is 9.82. The summed E-state index contributed by atoms with van der Waals surface area (Å²) in [6.45, 7) is -4.97. The Balaban J connectivity index is 3.06. The molecule has 1 nitrogen and oxygen atoms in total. The molecule has 0 N–H and O–H groups in total. The van der Waals surface area contributed by atoms with E-state index < -0.39 is 12.4 Å². The predicted molar refractivity (Wildman–Crippen MR) is 38.0 cm³/mol.